The van der Waals surface area contributed by atoms with Crippen LogP contribution in [0.15, 0.2) is 17.8 Å². The molecule has 0 spiro atoms. The fourth-order valence-electron chi connectivity index (χ4n) is 2.11. The van der Waals surface area contributed by atoms with Crippen molar-refractivity contribution in [2.75, 3.05) is 13.2 Å². The minimum Gasteiger partial charge on any atom is -0.368 e. The molecule has 0 radical (unpaired) electrons. The first-order valence-electron chi connectivity index (χ1n) is 6.13. The molecule has 1 N–H and O–H groups in total. The average molecular weight is 265 g/mol. The van der Waals surface area contributed by atoms with E-state index in [-0.39, 0.29) is 12.0 Å². The Kier molecular flexibility index (Phi) is 3.29. The summed E-state index contributed by atoms with van der Waals surface area (Å²) >= 11 is 1.61. The van der Waals surface area contributed by atoms with Crippen molar-refractivity contribution in [1.29, 1.82) is 0 Å². The predicted molar refractivity (Wildman–Crippen MR) is 68.8 cm³/mol. The monoisotopic (exact) mass is 265 g/mol. The molecule has 1 saturated heterocycles. The molecule has 1 atom stereocenters. The fourth-order valence-corrected chi connectivity index (χ4v) is 2.83. The fraction of sp³-hybridized carbons (Fsp3) is 0.500. The SMILES string of the molecule is O=C(NCCc1cn2ccsc2n1)C1CCCO1. The summed E-state index contributed by atoms with van der Waals surface area (Å²) in [7, 11) is 0. The summed E-state index contributed by atoms with van der Waals surface area (Å²) in [5, 5.41) is 4.91. The van der Waals surface area contributed by atoms with Gasteiger partial charge in [0.05, 0.1) is 5.69 Å². The van der Waals surface area contributed by atoms with E-state index >= 15 is 0 Å². The number of hydrogen-bond acceptors (Lipinski definition) is 4. The highest BCUT2D eigenvalue weighted by Gasteiger charge is 2.22. The average Bonchev–Trinajstić information content (AvgIpc) is 3.05. The van der Waals surface area contributed by atoms with E-state index in [0.717, 1.165) is 29.9 Å². The van der Waals surface area contributed by atoms with Gasteiger partial charge in [0, 0.05) is 37.3 Å². The number of thiazole rings is 1. The lowest BCUT2D eigenvalue weighted by Crippen LogP contribution is -2.35. The summed E-state index contributed by atoms with van der Waals surface area (Å²) in [6.45, 7) is 1.32. The molecule has 2 aromatic heterocycles. The van der Waals surface area contributed by atoms with Gasteiger partial charge in [-0.05, 0) is 12.8 Å². The third-order valence-corrected chi connectivity index (χ3v) is 3.82. The molecule has 1 unspecified atom stereocenters. The van der Waals surface area contributed by atoms with Crippen LogP contribution in [0.1, 0.15) is 18.5 Å². The van der Waals surface area contributed by atoms with E-state index in [0.29, 0.717) is 13.2 Å². The quantitative estimate of drug-likeness (QED) is 0.904. The van der Waals surface area contributed by atoms with Crippen molar-refractivity contribution in [3.8, 4) is 0 Å². The van der Waals surface area contributed by atoms with Gasteiger partial charge in [-0.3, -0.25) is 9.20 Å². The second kappa shape index (κ2) is 5.07. The van der Waals surface area contributed by atoms with Gasteiger partial charge < -0.3 is 10.1 Å². The van der Waals surface area contributed by atoms with Gasteiger partial charge in [0.25, 0.3) is 0 Å². The largest absolute Gasteiger partial charge is 0.368 e. The van der Waals surface area contributed by atoms with Crippen molar-refractivity contribution < 1.29 is 9.53 Å². The first-order chi connectivity index (χ1) is 8.83. The van der Waals surface area contributed by atoms with Gasteiger partial charge in [-0.25, -0.2) is 4.98 Å². The molecule has 3 heterocycles. The second-order valence-corrected chi connectivity index (χ2v) is 5.24. The summed E-state index contributed by atoms with van der Waals surface area (Å²) in [5.74, 6) is 0.00789. The van der Waals surface area contributed by atoms with Crippen LogP contribution in [0.3, 0.4) is 0 Å². The lowest BCUT2D eigenvalue weighted by Gasteiger charge is -2.09. The Morgan fingerprint density at radius 1 is 1.67 bits per heavy atom. The molecule has 0 saturated carbocycles. The highest BCUT2D eigenvalue weighted by atomic mass is 32.1. The Morgan fingerprint density at radius 2 is 2.61 bits per heavy atom. The van der Waals surface area contributed by atoms with Gasteiger partial charge in [-0.1, -0.05) is 0 Å². The Balaban J connectivity index is 1.49. The molecule has 1 aliphatic heterocycles. The van der Waals surface area contributed by atoms with Gasteiger partial charge in [-0.2, -0.15) is 0 Å². The van der Waals surface area contributed by atoms with Gasteiger partial charge >= 0.3 is 0 Å². The first kappa shape index (κ1) is 11.7. The van der Waals surface area contributed by atoms with Gasteiger partial charge in [0.2, 0.25) is 5.91 Å². The van der Waals surface area contributed by atoms with Crippen LogP contribution in [0.25, 0.3) is 4.96 Å². The van der Waals surface area contributed by atoms with Crippen molar-refractivity contribution in [1.82, 2.24) is 14.7 Å². The van der Waals surface area contributed by atoms with Gasteiger partial charge in [-0.15, -0.1) is 11.3 Å². The van der Waals surface area contributed by atoms with Crippen molar-refractivity contribution in [2.24, 2.45) is 0 Å². The third-order valence-electron chi connectivity index (χ3n) is 3.05. The Bertz CT molecular complexity index is 514. The van der Waals surface area contributed by atoms with Crippen LogP contribution < -0.4 is 5.32 Å². The smallest absolute Gasteiger partial charge is 0.249 e. The topological polar surface area (TPSA) is 55.6 Å². The Morgan fingerprint density at radius 3 is 3.39 bits per heavy atom. The molecule has 18 heavy (non-hydrogen) atoms. The minimum absolute atomic E-state index is 0.00789. The summed E-state index contributed by atoms with van der Waals surface area (Å²) in [5.41, 5.74) is 1.01. The molecule has 3 rings (SSSR count). The molecule has 5 nitrogen and oxygen atoms in total. The van der Waals surface area contributed by atoms with Crippen molar-refractivity contribution in [2.45, 2.75) is 25.4 Å². The maximum absolute atomic E-state index is 11.7. The number of carbonyl (C=O) groups excluding carboxylic acids is 1. The maximum atomic E-state index is 11.7. The van der Waals surface area contributed by atoms with Gasteiger partial charge in [0.1, 0.15) is 6.10 Å². The zero-order chi connectivity index (χ0) is 12.4. The standard InChI is InChI=1S/C12H15N3O2S/c16-11(10-2-1-6-17-10)13-4-3-9-8-15-5-7-18-12(15)14-9/h5,7-8,10H,1-4,6H2,(H,13,16). The van der Waals surface area contributed by atoms with E-state index in [4.69, 9.17) is 4.74 Å². The maximum Gasteiger partial charge on any atom is 0.249 e. The number of ether oxygens (including phenoxy) is 1. The zero-order valence-corrected chi connectivity index (χ0v) is 10.8. The highest BCUT2D eigenvalue weighted by Crippen LogP contribution is 2.12. The zero-order valence-electron chi connectivity index (χ0n) is 9.96. The summed E-state index contributed by atoms with van der Waals surface area (Å²) in [4.78, 5) is 17.2. The van der Waals surface area contributed by atoms with Crippen molar-refractivity contribution in [3.05, 3.63) is 23.5 Å². The van der Waals surface area contributed by atoms with E-state index in [1.54, 1.807) is 11.3 Å². The summed E-state index contributed by atoms with van der Waals surface area (Å²) in [6, 6.07) is 0. The molecular formula is C12H15N3O2S. The molecular weight excluding hydrogens is 250 g/mol. The lowest BCUT2D eigenvalue weighted by atomic mass is 10.2. The third kappa shape index (κ3) is 2.39. The van der Waals surface area contributed by atoms with Crippen LogP contribution in [0, 0.1) is 0 Å². The number of nitrogens with one attached hydrogen (secondary N) is 1. The van der Waals surface area contributed by atoms with Crippen LogP contribution >= 0.6 is 11.3 Å². The van der Waals surface area contributed by atoms with Crippen LogP contribution in [0.2, 0.25) is 0 Å². The number of hydrogen-bond donors (Lipinski definition) is 1. The van der Waals surface area contributed by atoms with Crippen LogP contribution in [-0.4, -0.2) is 34.5 Å². The summed E-state index contributed by atoms with van der Waals surface area (Å²) < 4.78 is 7.32. The molecule has 96 valence electrons. The van der Waals surface area contributed by atoms with Crippen molar-refractivity contribution in [3.63, 3.8) is 0 Å². The molecule has 1 fully saturated rings. The summed E-state index contributed by atoms with van der Waals surface area (Å²) in [6.07, 6.45) is 6.33. The predicted octanol–water partition coefficient (Wildman–Crippen LogP) is 1.23. The minimum atomic E-state index is -0.240. The Hall–Kier alpha value is -1.40. The number of rotatable bonds is 4. The van der Waals surface area contributed by atoms with E-state index < -0.39 is 0 Å². The number of carbonyl (C=O) groups is 1. The second-order valence-electron chi connectivity index (χ2n) is 4.37. The number of aromatic nitrogens is 2. The molecule has 2 aromatic rings. The van der Waals surface area contributed by atoms with Crippen LogP contribution in [-0.2, 0) is 16.0 Å². The lowest BCUT2D eigenvalue weighted by molar-refractivity contribution is -0.129. The van der Waals surface area contributed by atoms with E-state index in [1.165, 1.54) is 0 Å². The molecule has 1 amide bonds. The number of amides is 1. The van der Waals surface area contributed by atoms with Crippen LogP contribution in [0.5, 0.6) is 0 Å². The normalized spacial score (nSPS) is 19.4. The van der Waals surface area contributed by atoms with E-state index in [9.17, 15) is 4.79 Å². The number of nitrogens with zero attached hydrogens (tertiary/aromatic N) is 2. The van der Waals surface area contributed by atoms with Crippen molar-refractivity contribution >= 4 is 22.2 Å². The number of fused-ring (bicyclic) bond motifs is 1. The first-order valence-corrected chi connectivity index (χ1v) is 7.01. The van der Waals surface area contributed by atoms with E-state index in [2.05, 4.69) is 10.3 Å². The molecule has 1 aliphatic rings. The molecule has 0 aliphatic carbocycles. The number of imidazole rings is 1. The molecule has 6 heteroatoms. The Labute approximate surface area is 109 Å². The van der Waals surface area contributed by atoms with Crippen LogP contribution in [0.4, 0.5) is 0 Å². The molecule has 0 bridgehead atoms. The molecule has 0 aromatic carbocycles. The van der Waals surface area contributed by atoms with E-state index in [1.807, 2.05) is 22.2 Å². The highest BCUT2D eigenvalue weighted by molar-refractivity contribution is 7.15. The van der Waals surface area contributed by atoms with Gasteiger partial charge in [0.15, 0.2) is 4.96 Å².